The van der Waals surface area contributed by atoms with Crippen LogP contribution < -0.4 is 14.8 Å². The van der Waals surface area contributed by atoms with Gasteiger partial charge in [-0.1, -0.05) is 39.8 Å². The lowest BCUT2D eigenvalue weighted by Crippen LogP contribution is -2.27. The number of carbonyl (C=O) groups is 1. The van der Waals surface area contributed by atoms with Crippen LogP contribution in [0.2, 0.25) is 0 Å². The van der Waals surface area contributed by atoms with Crippen LogP contribution in [-0.4, -0.2) is 29.8 Å². The third-order valence-corrected chi connectivity index (χ3v) is 3.84. The van der Waals surface area contributed by atoms with Gasteiger partial charge in [0.1, 0.15) is 17.5 Å². The first-order valence-corrected chi connectivity index (χ1v) is 9.07. The molecule has 0 spiro atoms. The summed E-state index contributed by atoms with van der Waals surface area (Å²) in [5, 5.41) is 6.89. The Labute approximate surface area is 160 Å². The highest BCUT2D eigenvalue weighted by atomic mass is 16.5. The molecule has 0 bridgehead atoms. The average Bonchev–Trinajstić information content (AvgIpc) is 3.10. The Morgan fingerprint density at radius 3 is 2.52 bits per heavy atom. The largest absolute Gasteiger partial charge is 0.497 e. The fraction of sp³-hybridized carbons (Fsp3) is 0.550. The molecule has 0 saturated carbocycles. The fourth-order valence-corrected chi connectivity index (χ4v) is 2.24. The van der Waals surface area contributed by atoms with Gasteiger partial charge in [-0.3, -0.25) is 4.79 Å². The molecule has 0 aliphatic carbocycles. The number of hydrogen-bond donors (Lipinski definition) is 1. The van der Waals surface area contributed by atoms with E-state index in [2.05, 4.69) is 15.5 Å². The molecule has 1 N–H and O–H groups in total. The molecule has 1 heterocycles. The van der Waals surface area contributed by atoms with Gasteiger partial charge in [-0.05, 0) is 25.0 Å². The van der Waals surface area contributed by atoms with Crippen molar-refractivity contribution in [2.45, 2.75) is 53.0 Å². The maximum Gasteiger partial charge on any atom is 0.255 e. The highest BCUT2D eigenvalue weighted by Crippen LogP contribution is 2.26. The lowest BCUT2D eigenvalue weighted by Gasteiger charge is -2.16. The van der Waals surface area contributed by atoms with E-state index in [4.69, 9.17) is 14.0 Å². The van der Waals surface area contributed by atoms with E-state index in [-0.39, 0.29) is 11.3 Å². The van der Waals surface area contributed by atoms with Crippen molar-refractivity contribution in [2.24, 2.45) is 5.92 Å². The highest BCUT2D eigenvalue weighted by Gasteiger charge is 2.25. The van der Waals surface area contributed by atoms with E-state index in [1.54, 1.807) is 32.2 Å². The molecule has 7 nitrogen and oxygen atoms in total. The summed E-state index contributed by atoms with van der Waals surface area (Å²) in [6.07, 6.45) is 0. The molecule has 0 aliphatic heterocycles. The second-order valence-electron chi connectivity index (χ2n) is 7.97. The molecule has 0 aliphatic rings. The van der Waals surface area contributed by atoms with Crippen molar-refractivity contribution in [2.75, 3.05) is 13.7 Å². The van der Waals surface area contributed by atoms with Crippen molar-refractivity contribution in [3.05, 3.63) is 35.5 Å². The Balaban J connectivity index is 2.17. The molecule has 1 amide bonds. The van der Waals surface area contributed by atoms with E-state index < -0.39 is 6.04 Å². The molecule has 2 rings (SSSR count). The molecule has 27 heavy (non-hydrogen) atoms. The number of nitrogens with zero attached hydrogens (tertiary/aromatic N) is 2. The van der Waals surface area contributed by atoms with E-state index in [0.29, 0.717) is 41.3 Å². The quantitative estimate of drug-likeness (QED) is 0.790. The Morgan fingerprint density at radius 1 is 1.26 bits per heavy atom. The topological polar surface area (TPSA) is 86.5 Å². The molecule has 1 unspecified atom stereocenters. The van der Waals surface area contributed by atoms with Crippen molar-refractivity contribution in [3.63, 3.8) is 0 Å². The van der Waals surface area contributed by atoms with Crippen molar-refractivity contribution in [3.8, 4) is 11.5 Å². The van der Waals surface area contributed by atoms with E-state index in [9.17, 15) is 4.79 Å². The van der Waals surface area contributed by atoms with Gasteiger partial charge in [0.2, 0.25) is 5.89 Å². The van der Waals surface area contributed by atoms with Crippen LogP contribution >= 0.6 is 0 Å². The van der Waals surface area contributed by atoms with Gasteiger partial charge in [0, 0.05) is 11.5 Å². The van der Waals surface area contributed by atoms with Crippen molar-refractivity contribution >= 4 is 5.91 Å². The van der Waals surface area contributed by atoms with Gasteiger partial charge in [0.25, 0.3) is 5.91 Å². The number of rotatable bonds is 7. The van der Waals surface area contributed by atoms with Gasteiger partial charge in [0.15, 0.2) is 5.82 Å². The SMILES string of the molecule is COc1ccc(C(=O)NC(C)c2nc(C(C)(C)C)no2)c(OCC(C)C)c1. The number of methoxy groups -OCH3 is 1. The predicted octanol–water partition coefficient (Wildman–Crippen LogP) is 3.90. The van der Waals surface area contributed by atoms with E-state index in [1.165, 1.54) is 0 Å². The van der Waals surface area contributed by atoms with E-state index >= 15 is 0 Å². The molecule has 0 radical (unpaired) electrons. The Bertz CT molecular complexity index is 778. The van der Waals surface area contributed by atoms with Crippen LogP contribution in [0.3, 0.4) is 0 Å². The zero-order chi connectivity index (χ0) is 20.2. The van der Waals surface area contributed by atoms with Crippen LogP contribution in [0.5, 0.6) is 11.5 Å². The first kappa shape index (κ1) is 20.7. The minimum atomic E-state index is -0.429. The smallest absolute Gasteiger partial charge is 0.255 e. The summed E-state index contributed by atoms with van der Waals surface area (Å²) >= 11 is 0. The predicted molar refractivity (Wildman–Crippen MR) is 102 cm³/mol. The molecule has 0 saturated heterocycles. The van der Waals surface area contributed by atoms with Crippen molar-refractivity contribution < 1.29 is 18.8 Å². The van der Waals surface area contributed by atoms with Crippen LogP contribution in [0, 0.1) is 5.92 Å². The summed E-state index contributed by atoms with van der Waals surface area (Å²) in [7, 11) is 1.58. The van der Waals surface area contributed by atoms with Gasteiger partial charge >= 0.3 is 0 Å². The van der Waals surface area contributed by atoms with Crippen LogP contribution in [0.1, 0.15) is 69.7 Å². The van der Waals surface area contributed by atoms with Gasteiger partial charge in [-0.25, -0.2) is 0 Å². The number of benzene rings is 1. The summed E-state index contributed by atoms with van der Waals surface area (Å²) in [5.41, 5.74) is 0.207. The van der Waals surface area contributed by atoms with Crippen LogP contribution in [0.25, 0.3) is 0 Å². The van der Waals surface area contributed by atoms with Crippen molar-refractivity contribution in [1.82, 2.24) is 15.5 Å². The zero-order valence-electron chi connectivity index (χ0n) is 17.1. The van der Waals surface area contributed by atoms with Crippen LogP contribution in [0.4, 0.5) is 0 Å². The van der Waals surface area contributed by atoms with E-state index in [1.807, 2.05) is 34.6 Å². The lowest BCUT2D eigenvalue weighted by atomic mass is 9.96. The molecule has 1 aromatic carbocycles. The molecule has 1 atom stereocenters. The number of ether oxygens (including phenoxy) is 2. The maximum absolute atomic E-state index is 12.8. The number of carbonyl (C=O) groups excluding carboxylic acids is 1. The normalized spacial score (nSPS) is 12.7. The summed E-state index contributed by atoms with van der Waals surface area (Å²) < 4.78 is 16.4. The first-order valence-electron chi connectivity index (χ1n) is 9.07. The summed E-state index contributed by atoms with van der Waals surface area (Å²) in [6.45, 7) is 12.4. The molecule has 1 aromatic heterocycles. The first-order chi connectivity index (χ1) is 12.6. The molecular formula is C20H29N3O4. The molecule has 0 fully saturated rings. The third-order valence-electron chi connectivity index (χ3n) is 3.84. The highest BCUT2D eigenvalue weighted by molar-refractivity contribution is 5.97. The Morgan fingerprint density at radius 2 is 1.96 bits per heavy atom. The van der Waals surface area contributed by atoms with Gasteiger partial charge in [-0.15, -0.1) is 0 Å². The molecule has 2 aromatic rings. The van der Waals surface area contributed by atoms with Crippen LogP contribution in [0.15, 0.2) is 22.7 Å². The standard InChI is InChI=1S/C20H29N3O4/c1-12(2)11-26-16-10-14(25-7)8-9-15(16)17(24)21-13(3)18-22-19(23-27-18)20(4,5)6/h8-10,12-13H,11H2,1-7H3,(H,21,24). The number of aromatic nitrogens is 2. The summed E-state index contributed by atoms with van der Waals surface area (Å²) in [6, 6.07) is 4.70. The minimum Gasteiger partial charge on any atom is -0.497 e. The number of nitrogens with one attached hydrogen (secondary N) is 1. The van der Waals surface area contributed by atoms with E-state index in [0.717, 1.165) is 0 Å². The van der Waals surface area contributed by atoms with Crippen molar-refractivity contribution in [1.29, 1.82) is 0 Å². The monoisotopic (exact) mass is 375 g/mol. The Hall–Kier alpha value is -2.57. The zero-order valence-corrected chi connectivity index (χ0v) is 17.1. The second kappa shape index (κ2) is 8.41. The molecule has 148 valence electrons. The third kappa shape index (κ3) is 5.45. The lowest BCUT2D eigenvalue weighted by molar-refractivity contribution is 0.0927. The number of amides is 1. The van der Waals surface area contributed by atoms with Gasteiger partial charge < -0.3 is 19.3 Å². The minimum absolute atomic E-state index is 0.223. The molecule has 7 heteroatoms. The van der Waals surface area contributed by atoms with Gasteiger partial charge in [-0.2, -0.15) is 4.98 Å². The van der Waals surface area contributed by atoms with Gasteiger partial charge in [0.05, 0.1) is 19.3 Å². The summed E-state index contributed by atoms with van der Waals surface area (Å²) in [5.74, 6) is 2.13. The average molecular weight is 375 g/mol. The fourth-order valence-electron chi connectivity index (χ4n) is 2.24. The maximum atomic E-state index is 12.8. The van der Waals surface area contributed by atoms with Crippen LogP contribution in [-0.2, 0) is 5.41 Å². The second-order valence-corrected chi connectivity index (χ2v) is 7.97. The summed E-state index contributed by atoms with van der Waals surface area (Å²) in [4.78, 5) is 17.2. The molecular weight excluding hydrogens is 346 g/mol. The number of hydrogen-bond acceptors (Lipinski definition) is 6. The Kier molecular flexibility index (Phi) is 6.46.